The molecule has 0 fully saturated rings. The highest BCUT2D eigenvalue weighted by atomic mass is 79.9. The highest BCUT2D eigenvalue weighted by Crippen LogP contribution is 2.32. The molecule has 2 nitrogen and oxygen atoms in total. The minimum Gasteiger partial charge on any atom is -0.326 e. The maximum absolute atomic E-state index is 13.8. The summed E-state index contributed by atoms with van der Waals surface area (Å²) in [6.07, 6.45) is 0. The molecule has 0 amide bonds. The summed E-state index contributed by atoms with van der Waals surface area (Å²) < 4.78 is 16.3. The van der Waals surface area contributed by atoms with Crippen molar-refractivity contribution < 1.29 is 4.39 Å². The third-order valence-corrected chi connectivity index (χ3v) is 4.96. The molecule has 2 aromatic rings. The predicted octanol–water partition coefficient (Wildman–Crippen LogP) is 5.36. The number of benzene rings is 1. The third-order valence-electron chi connectivity index (χ3n) is 4.12. The number of rotatable bonds is 4. The molecule has 0 radical (unpaired) electrons. The Morgan fingerprint density at radius 1 is 1.40 bits per heavy atom. The van der Waals surface area contributed by atoms with E-state index in [2.05, 4.69) is 48.6 Å². The summed E-state index contributed by atoms with van der Waals surface area (Å²) >= 11 is 9.20. The number of nitrogens with zero attached hydrogens (tertiary/aromatic N) is 2. The number of aromatic nitrogens is 2. The first-order valence-electron chi connectivity index (χ1n) is 6.66. The monoisotopic (exact) mass is 360 g/mol. The van der Waals surface area contributed by atoms with Gasteiger partial charge in [0.2, 0.25) is 0 Å². The fourth-order valence-corrected chi connectivity index (χ4v) is 2.57. The number of alkyl halides is 1. The Balaban J connectivity index is 2.59. The molecule has 0 bridgehead atoms. The first-order valence-corrected chi connectivity index (χ1v) is 7.99. The molecule has 0 aliphatic carbocycles. The number of hydrogen-bond donors (Lipinski definition) is 0. The molecule has 20 heavy (non-hydrogen) atoms. The van der Waals surface area contributed by atoms with Crippen molar-refractivity contribution in [3.8, 4) is 0 Å². The summed E-state index contributed by atoms with van der Waals surface area (Å²) in [4.78, 5) is 4.51. The second-order valence-corrected chi connectivity index (χ2v) is 7.27. The van der Waals surface area contributed by atoms with E-state index in [0.717, 1.165) is 23.4 Å². The zero-order valence-electron chi connectivity index (χ0n) is 12.2. The highest BCUT2D eigenvalue weighted by Gasteiger charge is 2.25. The van der Waals surface area contributed by atoms with E-state index < -0.39 is 0 Å². The Labute approximate surface area is 132 Å². The molecule has 0 unspecified atom stereocenters. The third kappa shape index (κ3) is 2.86. The largest absolute Gasteiger partial charge is 0.326 e. The summed E-state index contributed by atoms with van der Waals surface area (Å²) in [7, 11) is 0. The average molecular weight is 362 g/mol. The van der Waals surface area contributed by atoms with Gasteiger partial charge in [0, 0.05) is 12.6 Å². The van der Waals surface area contributed by atoms with Gasteiger partial charge < -0.3 is 4.57 Å². The molecule has 0 spiro atoms. The Bertz CT molecular complexity index is 634. The van der Waals surface area contributed by atoms with Gasteiger partial charge in [-0.15, -0.1) is 11.6 Å². The summed E-state index contributed by atoms with van der Waals surface area (Å²) in [5.74, 6) is 1.33. The van der Waals surface area contributed by atoms with Crippen LogP contribution in [0.2, 0.25) is 0 Å². The van der Waals surface area contributed by atoms with Crippen molar-refractivity contribution in [1.82, 2.24) is 9.55 Å². The predicted molar refractivity (Wildman–Crippen MR) is 85.6 cm³/mol. The van der Waals surface area contributed by atoms with Crippen molar-refractivity contribution in [1.29, 1.82) is 0 Å². The van der Waals surface area contributed by atoms with Crippen LogP contribution < -0.4 is 0 Å². The van der Waals surface area contributed by atoms with Crippen LogP contribution in [-0.4, -0.2) is 9.55 Å². The molecule has 1 aromatic heterocycles. The van der Waals surface area contributed by atoms with Crippen LogP contribution in [0.5, 0.6) is 0 Å². The zero-order chi connectivity index (χ0) is 15.1. The van der Waals surface area contributed by atoms with Gasteiger partial charge in [-0.2, -0.15) is 0 Å². The summed E-state index contributed by atoms with van der Waals surface area (Å²) in [5, 5.41) is 0. The maximum atomic E-state index is 13.8. The van der Waals surface area contributed by atoms with E-state index in [4.69, 9.17) is 11.6 Å². The zero-order valence-corrected chi connectivity index (χ0v) is 14.5. The Morgan fingerprint density at radius 3 is 2.60 bits per heavy atom. The molecule has 5 heteroatoms. The van der Waals surface area contributed by atoms with Crippen LogP contribution in [0.25, 0.3) is 11.0 Å². The fourth-order valence-electron chi connectivity index (χ4n) is 2.04. The molecule has 0 aliphatic rings. The van der Waals surface area contributed by atoms with Gasteiger partial charge in [-0.25, -0.2) is 9.37 Å². The number of imidazole rings is 1. The van der Waals surface area contributed by atoms with Gasteiger partial charge in [-0.3, -0.25) is 0 Å². The van der Waals surface area contributed by atoms with Gasteiger partial charge in [-0.05, 0) is 33.3 Å². The molecular weight excluding hydrogens is 343 g/mol. The lowest BCUT2D eigenvalue weighted by Crippen LogP contribution is -2.26. The lowest BCUT2D eigenvalue weighted by Gasteiger charge is -2.30. The smallest absolute Gasteiger partial charge is 0.139 e. The van der Waals surface area contributed by atoms with Gasteiger partial charge in [0.25, 0.3) is 0 Å². The van der Waals surface area contributed by atoms with Gasteiger partial charge >= 0.3 is 0 Å². The van der Waals surface area contributed by atoms with Crippen molar-refractivity contribution in [2.24, 2.45) is 11.3 Å². The molecule has 0 aliphatic heterocycles. The Kier molecular flexibility index (Phi) is 4.45. The van der Waals surface area contributed by atoms with E-state index in [9.17, 15) is 4.39 Å². The highest BCUT2D eigenvalue weighted by molar-refractivity contribution is 9.10. The summed E-state index contributed by atoms with van der Waals surface area (Å²) in [6, 6.07) is 3.23. The number of hydrogen-bond acceptors (Lipinski definition) is 1. The van der Waals surface area contributed by atoms with Gasteiger partial charge in [0.1, 0.15) is 11.6 Å². The van der Waals surface area contributed by atoms with Crippen molar-refractivity contribution >= 4 is 38.6 Å². The van der Waals surface area contributed by atoms with Gasteiger partial charge in [-0.1, -0.05) is 27.7 Å². The van der Waals surface area contributed by atoms with Crippen molar-refractivity contribution in [2.75, 3.05) is 0 Å². The van der Waals surface area contributed by atoms with Crippen LogP contribution in [0.3, 0.4) is 0 Å². The standard InChI is InChI=1S/C15H19BrClFN2/c1-9(2)15(3,4)8-20-13-6-11(18)10(16)5-12(13)19-14(20)7-17/h5-6,9H,7-8H2,1-4H3. The summed E-state index contributed by atoms with van der Waals surface area (Å²) in [6.45, 7) is 9.56. The second-order valence-electron chi connectivity index (χ2n) is 6.15. The van der Waals surface area contributed by atoms with Crippen LogP contribution in [0.1, 0.15) is 33.5 Å². The summed E-state index contributed by atoms with van der Waals surface area (Å²) in [5.41, 5.74) is 1.65. The minimum absolute atomic E-state index is 0.0813. The average Bonchev–Trinajstić information content (AvgIpc) is 2.67. The molecule has 2 rings (SSSR count). The van der Waals surface area contributed by atoms with Crippen LogP contribution in [-0.2, 0) is 12.4 Å². The van der Waals surface area contributed by atoms with Crippen LogP contribution in [0, 0.1) is 17.2 Å². The van der Waals surface area contributed by atoms with Crippen molar-refractivity contribution in [2.45, 2.75) is 40.1 Å². The molecule has 1 heterocycles. The van der Waals surface area contributed by atoms with Crippen LogP contribution in [0.4, 0.5) is 4.39 Å². The molecule has 0 saturated carbocycles. The first-order chi connectivity index (χ1) is 9.26. The van der Waals surface area contributed by atoms with Gasteiger partial charge in [0.15, 0.2) is 0 Å². The van der Waals surface area contributed by atoms with E-state index in [1.54, 1.807) is 6.07 Å². The molecule has 0 atom stereocenters. The molecule has 0 saturated heterocycles. The van der Waals surface area contributed by atoms with E-state index in [1.807, 2.05) is 4.57 Å². The maximum Gasteiger partial charge on any atom is 0.139 e. The lowest BCUT2D eigenvalue weighted by atomic mass is 9.81. The van der Waals surface area contributed by atoms with Crippen molar-refractivity contribution in [3.63, 3.8) is 0 Å². The molecule has 0 N–H and O–H groups in total. The number of fused-ring (bicyclic) bond motifs is 1. The molecular formula is C15H19BrClFN2. The quantitative estimate of drug-likeness (QED) is 0.670. The van der Waals surface area contributed by atoms with Crippen LogP contribution in [0.15, 0.2) is 16.6 Å². The van der Waals surface area contributed by atoms with Gasteiger partial charge in [0.05, 0.1) is 21.4 Å². The molecule has 110 valence electrons. The van der Waals surface area contributed by atoms with E-state index in [0.29, 0.717) is 16.3 Å². The normalized spacial score (nSPS) is 12.6. The van der Waals surface area contributed by atoms with Crippen molar-refractivity contribution in [3.05, 3.63) is 28.2 Å². The number of halogens is 3. The topological polar surface area (TPSA) is 17.8 Å². The Morgan fingerprint density at radius 2 is 2.05 bits per heavy atom. The van der Waals surface area contributed by atoms with E-state index in [1.165, 1.54) is 6.07 Å². The lowest BCUT2D eigenvalue weighted by molar-refractivity contribution is 0.211. The SMILES string of the molecule is CC(C)C(C)(C)Cn1c(CCl)nc2cc(Br)c(F)cc21. The Hall–Kier alpha value is -0.610. The second kappa shape index (κ2) is 5.64. The van der Waals surface area contributed by atoms with E-state index >= 15 is 0 Å². The fraction of sp³-hybridized carbons (Fsp3) is 0.533. The van der Waals surface area contributed by atoms with Crippen LogP contribution >= 0.6 is 27.5 Å². The minimum atomic E-state index is -0.276. The molecule has 1 aromatic carbocycles. The first kappa shape index (κ1) is 15.8. The van der Waals surface area contributed by atoms with E-state index in [-0.39, 0.29) is 11.2 Å².